The lowest BCUT2D eigenvalue weighted by Crippen LogP contribution is -2.42. The van der Waals surface area contributed by atoms with Crippen LogP contribution in [0, 0.1) is 5.41 Å². The molecule has 1 saturated heterocycles. The maximum Gasteiger partial charge on any atom is 0.230 e. The van der Waals surface area contributed by atoms with E-state index in [1.54, 1.807) is 0 Å². The minimum Gasteiger partial charge on any atom is -0.335 e. The second kappa shape index (κ2) is 3.14. The predicted octanol–water partition coefficient (Wildman–Crippen LogP) is 0.384. The maximum atomic E-state index is 12.0. The molecule has 1 N–H and O–H groups in total. The van der Waals surface area contributed by atoms with E-state index in [0.29, 0.717) is 5.91 Å². The third-order valence-electron chi connectivity index (χ3n) is 2.99. The van der Waals surface area contributed by atoms with E-state index < -0.39 is 0 Å². The van der Waals surface area contributed by atoms with E-state index in [9.17, 15) is 4.79 Å². The molecule has 0 saturated carbocycles. The Hall–Kier alpha value is -0.830. The van der Waals surface area contributed by atoms with Gasteiger partial charge in [0.05, 0.1) is 5.41 Å². The van der Waals surface area contributed by atoms with Crippen LogP contribution in [0.3, 0.4) is 0 Å². The fourth-order valence-corrected chi connectivity index (χ4v) is 2.03. The summed E-state index contributed by atoms with van der Waals surface area (Å²) in [4.78, 5) is 13.9. The van der Waals surface area contributed by atoms with Crippen molar-refractivity contribution < 1.29 is 4.79 Å². The Morgan fingerprint density at radius 2 is 2.15 bits per heavy atom. The summed E-state index contributed by atoms with van der Waals surface area (Å²) in [6.45, 7) is 5.47. The van der Waals surface area contributed by atoms with Crippen molar-refractivity contribution in [2.24, 2.45) is 5.41 Å². The molecule has 13 heavy (non-hydrogen) atoms. The molecule has 0 radical (unpaired) electrons. The molecule has 0 aliphatic carbocycles. The summed E-state index contributed by atoms with van der Waals surface area (Å²) in [6, 6.07) is 0. The molecule has 0 spiro atoms. The maximum absolute atomic E-state index is 12.0. The monoisotopic (exact) mass is 180 g/mol. The smallest absolute Gasteiger partial charge is 0.230 e. The molecule has 0 aromatic heterocycles. The zero-order chi connectivity index (χ0) is 9.31. The molecular weight excluding hydrogens is 164 g/mol. The lowest BCUT2D eigenvalue weighted by Gasteiger charge is -2.27. The van der Waals surface area contributed by atoms with Gasteiger partial charge in [-0.25, -0.2) is 0 Å². The van der Waals surface area contributed by atoms with Gasteiger partial charge in [0.1, 0.15) is 0 Å². The lowest BCUT2D eigenvalue weighted by atomic mass is 9.88. The highest BCUT2D eigenvalue weighted by atomic mass is 16.2. The molecule has 3 heteroatoms. The normalized spacial score (nSPS) is 32.8. The van der Waals surface area contributed by atoms with Gasteiger partial charge in [-0.2, -0.15) is 0 Å². The minimum atomic E-state index is -0.147. The molecule has 1 atom stereocenters. The number of carbonyl (C=O) groups excluding carboxylic acids is 1. The molecule has 1 unspecified atom stereocenters. The standard InChI is InChI=1S/C10H16N2O/c1-10(4-5-11-8-10)9(13)12-6-2-3-7-12/h2-3,11H,4-8H2,1H3. The number of nitrogens with zero attached hydrogens (tertiary/aromatic N) is 1. The van der Waals surface area contributed by atoms with Crippen molar-refractivity contribution in [1.29, 1.82) is 0 Å². The largest absolute Gasteiger partial charge is 0.335 e. The molecular formula is C10H16N2O. The van der Waals surface area contributed by atoms with Gasteiger partial charge in [-0.15, -0.1) is 0 Å². The van der Waals surface area contributed by atoms with Crippen LogP contribution in [-0.2, 0) is 4.79 Å². The topological polar surface area (TPSA) is 32.3 Å². The van der Waals surface area contributed by atoms with Crippen LogP contribution >= 0.6 is 0 Å². The van der Waals surface area contributed by atoms with Crippen molar-refractivity contribution in [2.45, 2.75) is 13.3 Å². The van der Waals surface area contributed by atoms with Crippen molar-refractivity contribution in [2.75, 3.05) is 26.2 Å². The molecule has 3 nitrogen and oxygen atoms in total. The van der Waals surface area contributed by atoms with Crippen molar-refractivity contribution in [3.63, 3.8) is 0 Å². The second-order valence-corrected chi connectivity index (χ2v) is 4.17. The van der Waals surface area contributed by atoms with E-state index in [4.69, 9.17) is 0 Å². The van der Waals surface area contributed by atoms with Crippen LogP contribution in [0.1, 0.15) is 13.3 Å². The average Bonchev–Trinajstić information content (AvgIpc) is 2.73. The Bertz CT molecular complexity index is 233. The van der Waals surface area contributed by atoms with Crippen LogP contribution in [0.4, 0.5) is 0 Å². The highest BCUT2D eigenvalue weighted by molar-refractivity contribution is 5.83. The Kier molecular flexibility index (Phi) is 2.12. The van der Waals surface area contributed by atoms with Gasteiger partial charge in [0, 0.05) is 19.6 Å². The fourth-order valence-electron chi connectivity index (χ4n) is 2.03. The summed E-state index contributed by atoms with van der Waals surface area (Å²) in [5, 5.41) is 3.25. The van der Waals surface area contributed by atoms with E-state index in [2.05, 4.69) is 24.4 Å². The third kappa shape index (κ3) is 1.48. The van der Waals surface area contributed by atoms with Gasteiger partial charge in [0.25, 0.3) is 0 Å². The first-order valence-electron chi connectivity index (χ1n) is 4.87. The molecule has 2 rings (SSSR count). The van der Waals surface area contributed by atoms with Gasteiger partial charge in [-0.1, -0.05) is 12.2 Å². The van der Waals surface area contributed by atoms with Crippen LogP contribution in [0.25, 0.3) is 0 Å². The van der Waals surface area contributed by atoms with Gasteiger partial charge >= 0.3 is 0 Å². The van der Waals surface area contributed by atoms with Gasteiger partial charge in [0.2, 0.25) is 5.91 Å². The Labute approximate surface area is 78.8 Å². The van der Waals surface area contributed by atoms with Crippen LogP contribution in [0.2, 0.25) is 0 Å². The minimum absolute atomic E-state index is 0.147. The van der Waals surface area contributed by atoms with Crippen LogP contribution in [-0.4, -0.2) is 37.0 Å². The van der Waals surface area contributed by atoms with E-state index in [-0.39, 0.29) is 5.41 Å². The number of rotatable bonds is 1. The zero-order valence-corrected chi connectivity index (χ0v) is 8.05. The quantitative estimate of drug-likeness (QED) is 0.592. The van der Waals surface area contributed by atoms with Crippen LogP contribution < -0.4 is 5.32 Å². The van der Waals surface area contributed by atoms with Gasteiger partial charge in [-0.3, -0.25) is 4.79 Å². The highest BCUT2D eigenvalue weighted by Crippen LogP contribution is 2.27. The zero-order valence-electron chi connectivity index (χ0n) is 8.05. The number of nitrogens with one attached hydrogen (secondary N) is 1. The molecule has 0 aromatic rings. The summed E-state index contributed by atoms with van der Waals surface area (Å²) in [5.41, 5.74) is -0.147. The first-order valence-corrected chi connectivity index (χ1v) is 4.87. The Morgan fingerprint density at radius 1 is 1.46 bits per heavy atom. The highest BCUT2D eigenvalue weighted by Gasteiger charge is 2.39. The molecule has 2 aliphatic rings. The van der Waals surface area contributed by atoms with Crippen molar-refractivity contribution in [3.05, 3.63) is 12.2 Å². The molecule has 0 aromatic carbocycles. The molecule has 2 heterocycles. The predicted molar refractivity (Wildman–Crippen MR) is 51.3 cm³/mol. The summed E-state index contributed by atoms with van der Waals surface area (Å²) in [7, 11) is 0. The SMILES string of the molecule is CC1(C(=O)N2CC=CC2)CCNC1. The summed E-state index contributed by atoms with van der Waals surface area (Å²) >= 11 is 0. The van der Waals surface area contributed by atoms with E-state index >= 15 is 0 Å². The van der Waals surface area contributed by atoms with Gasteiger partial charge in [0.15, 0.2) is 0 Å². The number of carbonyl (C=O) groups is 1. The van der Waals surface area contributed by atoms with Crippen LogP contribution in [0.5, 0.6) is 0 Å². The van der Waals surface area contributed by atoms with Gasteiger partial charge in [-0.05, 0) is 19.9 Å². The summed E-state index contributed by atoms with van der Waals surface area (Å²) in [6.07, 6.45) is 5.09. The third-order valence-corrected chi connectivity index (χ3v) is 2.99. The average molecular weight is 180 g/mol. The second-order valence-electron chi connectivity index (χ2n) is 4.17. The lowest BCUT2D eigenvalue weighted by molar-refractivity contribution is -0.138. The van der Waals surface area contributed by atoms with E-state index in [0.717, 1.165) is 32.6 Å². The van der Waals surface area contributed by atoms with E-state index in [1.165, 1.54) is 0 Å². The molecule has 1 fully saturated rings. The molecule has 2 aliphatic heterocycles. The van der Waals surface area contributed by atoms with Gasteiger partial charge < -0.3 is 10.2 Å². The van der Waals surface area contributed by atoms with Crippen LogP contribution in [0.15, 0.2) is 12.2 Å². The number of amides is 1. The summed E-state index contributed by atoms with van der Waals surface area (Å²) in [5.74, 6) is 0.308. The Balaban J connectivity index is 2.03. The molecule has 1 amide bonds. The van der Waals surface area contributed by atoms with Crippen molar-refractivity contribution in [1.82, 2.24) is 10.2 Å². The number of hydrogen-bond acceptors (Lipinski definition) is 2. The van der Waals surface area contributed by atoms with Crippen molar-refractivity contribution >= 4 is 5.91 Å². The molecule has 0 bridgehead atoms. The van der Waals surface area contributed by atoms with E-state index in [1.807, 2.05) is 4.90 Å². The summed E-state index contributed by atoms with van der Waals surface area (Å²) < 4.78 is 0. The molecule has 72 valence electrons. The Morgan fingerprint density at radius 3 is 2.69 bits per heavy atom. The number of hydrogen-bond donors (Lipinski definition) is 1. The van der Waals surface area contributed by atoms with Crippen molar-refractivity contribution in [3.8, 4) is 0 Å². The fraction of sp³-hybridized carbons (Fsp3) is 0.700. The first kappa shape index (κ1) is 8.75. The first-order chi connectivity index (χ1) is 6.22.